The van der Waals surface area contributed by atoms with Crippen molar-refractivity contribution in [3.8, 4) is 22.3 Å². The van der Waals surface area contributed by atoms with Gasteiger partial charge in [0.25, 0.3) is 0 Å². The molecule has 2 heterocycles. The lowest BCUT2D eigenvalue weighted by Gasteiger charge is -2.18. The van der Waals surface area contributed by atoms with E-state index >= 15 is 0 Å². The first-order valence-electron chi connectivity index (χ1n) is 20.0. The quantitative estimate of drug-likeness (QED) is 0.157. The maximum atomic E-state index is 2.46. The zero-order valence-corrected chi connectivity index (χ0v) is 33.5. The minimum atomic E-state index is 0.864. The van der Waals surface area contributed by atoms with Gasteiger partial charge in [-0.1, -0.05) is 170 Å². The van der Waals surface area contributed by atoms with Gasteiger partial charge in [0, 0.05) is 40.3 Å². The van der Waals surface area contributed by atoms with Crippen LogP contribution in [0.2, 0.25) is 0 Å². The van der Waals surface area contributed by atoms with E-state index in [-0.39, 0.29) is 0 Å². The van der Waals surface area contributed by atoms with Gasteiger partial charge >= 0.3 is 0 Å². The summed E-state index contributed by atoms with van der Waals surface area (Å²) in [4.78, 5) is 0. The molecule has 2 aromatic heterocycles. The Morgan fingerprint density at radius 1 is 0.345 bits per heavy atom. The number of fused-ring (bicyclic) bond motifs is 10. The van der Waals surface area contributed by atoms with Crippen LogP contribution in [0.1, 0.15) is 18.4 Å². The van der Waals surface area contributed by atoms with Crippen LogP contribution >= 0.6 is 22.7 Å². The highest BCUT2D eigenvalue weighted by Gasteiger charge is 2.17. The SMILES string of the molecule is C1=CC/C=C\C=C(\c2c3ccccc3c(-c3ccccccc(-c4ccc5sc6cc7ccc8sc9ccccc9c8c7cc6c5c4)cc3)c3ccccc23)CC=C1. The number of hydrogen-bond acceptors (Lipinski definition) is 2. The normalized spacial score (nSPS) is 14.7. The Labute approximate surface area is 346 Å². The van der Waals surface area contributed by atoms with Crippen LogP contribution < -0.4 is 0 Å². The third-order valence-corrected chi connectivity index (χ3v) is 13.8. The highest BCUT2D eigenvalue weighted by molar-refractivity contribution is 7.26. The number of rotatable bonds is 3. The van der Waals surface area contributed by atoms with Gasteiger partial charge in [0.2, 0.25) is 0 Å². The van der Waals surface area contributed by atoms with E-state index in [1.54, 1.807) is 0 Å². The summed E-state index contributed by atoms with van der Waals surface area (Å²) in [5.74, 6) is 0. The third kappa shape index (κ3) is 6.05. The summed E-state index contributed by atoms with van der Waals surface area (Å²) in [6.45, 7) is 0. The minimum Gasteiger partial charge on any atom is -0.135 e. The summed E-state index contributed by atoms with van der Waals surface area (Å²) < 4.78 is 5.34. The van der Waals surface area contributed by atoms with Crippen molar-refractivity contribution < 1.29 is 0 Å². The predicted molar refractivity (Wildman–Crippen MR) is 258 cm³/mol. The van der Waals surface area contributed by atoms with Crippen molar-refractivity contribution in [2.75, 3.05) is 0 Å². The van der Waals surface area contributed by atoms with Crippen LogP contribution in [0.3, 0.4) is 0 Å². The fourth-order valence-electron chi connectivity index (χ4n) is 8.90. The van der Waals surface area contributed by atoms with Crippen molar-refractivity contribution >= 4 is 101 Å². The Morgan fingerprint density at radius 3 is 1.74 bits per heavy atom. The Hall–Kier alpha value is -6.58. The second kappa shape index (κ2) is 14.7. The lowest BCUT2D eigenvalue weighted by molar-refractivity contribution is 1.36. The molecule has 2 heteroatoms. The van der Waals surface area contributed by atoms with Crippen LogP contribution in [0.4, 0.5) is 0 Å². The van der Waals surface area contributed by atoms with Gasteiger partial charge in [-0.3, -0.25) is 0 Å². The van der Waals surface area contributed by atoms with Crippen molar-refractivity contribution in [2.45, 2.75) is 12.8 Å². The molecule has 10 aromatic rings. The molecule has 274 valence electrons. The molecule has 0 unspecified atom stereocenters. The summed E-state index contributed by atoms with van der Waals surface area (Å²) in [6.07, 6.45) is 17.4. The molecule has 0 spiro atoms. The molecule has 0 bridgehead atoms. The van der Waals surface area contributed by atoms with Gasteiger partial charge in [-0.15, -0.1) is 22.7 Å². The van der Waals surface area contributed by atoms with E-state index in [0.29, 0.717) is 0 Å². The van der Waals surface area contributed by atoms with Crippen LogP contribution in [0, 0.1) is 0 Å². The van der Waals surface area contributed by atoms with E-state index in [1.807, 2.05) is 22.7 Å². The molecule has 0 atom stereocenters. The molecule has 0 amide bonds. The summed E-state index contributed by atoms with van der Waals surface area (Å²) >= 11 is 3.78. The minimum absolute atomic E-state index is 0.864. The fraction of sp³-hybridized carbons (Fsp3) is 0.0357. The highest BCUT2D eigenvalue weighted by Crippen LogP contribution is 2.45. The smallest absolute Gasteiger partial charge is 0.0361 e. The van der Waals surface area contributed by atoms with Gasteiger partial charge in [-0.2, -0.15) is 0 Å². The molecule has 0 N–H and O–H groups in total. The second-order valence-corrected chi connectivity index (χ2v) is 17.2. The topological polar surface area (TPSA) is 0 Å². The molecule has 0 saturated carbocycles. The average Bonchev–Trinajstić information content (AvgIpc) is 3.83. The molecule has 8 aromatic carbocycles. The van der Waals surface area contributed by atoms with E-state index in [4.69, 9.17) is 0 Å². The molecule has 1 aliphatic rings. The lowest BCUT2D eigenvalue weighted by Crippen LogP contribution is -1.93. The number of allylic oxidation sites excluding steroid dienone is 8. The average molecular weight is 775 g/mol. The Balaban J connectivity index is 1.09. The first-order chi connectivity index (χ1) is 28.8. The molecular formula is C56H38S2. The lowest BCUT2D eigenvalue weighted by atomic mass is 9.85. The number of hydrogen-bond donors (Lipinski definition) is 0. The van der Waals surface area contributed by atoms with Gasteiger partial charge in [0.1, 0.15) is 0 Å². The summed E-state index contributed by atoms with van der Waals surface area (Å²) in [6, 6.07) is 61.0. The van der Waals surface area contributed by atoms with Crippen LogP contribution in [0.15, 0.2) is 206 Å². The van der Waals surface area contributed by atoms with E-state index in [2.05, 4.69) is 206 Å². The van der Waals surface area contributed by atoms with E-state index in [0.717, 1.165) is 12.8 Å². The van der Waals surface area contributed by atoms with Crippen molar-refractivity contribution in [1.29, 1.82) is 0 Å². The molecule has 0 fully saturated rings. The molecule has 0 nitrogen and oxygen atoms in total. The second-order valence-electron chi connectivity index (χ2n) is 15.0. The summed E-state index contributed by atoms with van der Waals surface area (Å²) in [5.41, 5.74) is 7.46. The first-order valence-corrected chi connectivity index (χ1v) is 21.7. The third-order valence-electron chi connectivity index (χ3n) is 11.6. The summed E-state index contributed by atoms with van der Waals surface area (Å²) in [7, 11) is 0. The Kier molecular flexibility index (Phi) is 8.80. The molecular weight excluding hydrogens is 737 g/mol. The molecule has 0 saturated heterocycles. The van der Waals surface area contributed by atoms with Crippen molar-refractivity contribution in [1.82, 2.24) is 0 Å². The van der Waals surface area contributed by atoms with E-state index < -0.39 is 0 Å². The van der Waals surface area contributed by atoms with Gasteiger partial charge in [0.15, 0.2) is 0 Å². The molecule has 11 rings (SSSR count). The first kappa shape index (κ1) is 34.7. The molecule has 0 radical (unpaired) electrons. The maximum Gasteiger partial charge on any atom is 0.0361 e. The van der Waals surface area contributed by atoms with E-state index in [1.165, 1.54) is 106 Å². The van der Waals surface area contributed by atoms with Gasteiger partial charge in [-0.25, -0.2) is 0 Å². The fourth-order valence-corrected chi connectivity index (χ4v) is 11.1. The largest absolute Gasteiger partial charge is 0.135 e. The Bertz CT molecular complexity index is 3400. The van der Waals surface area contributed by atoms with Gasteiger partial charge in [0.05, 0.1) is 0 Å². The van der Waals surface area contributed by atoms with Crippen LogP contribution in [0.5, 0.6) is 0 Å². The summed E-state index contributed by atoms with van der Waals surface area (Å²) in [5, 5.41) is 13.1. The number of thiophene rings is 2. The monoisotopic (exact) mass is 774 g/mol. The highest BCUT2D eigenvalue weighted by atomic mass is 32.1. The number of benzene rings is 7. The Morgan fingerprint density at radius 2 is 0.931 bits per heavy atom. The van der Waals surface area contributed by atoms with E-state index in [9.17, 15) is 0 Å². The van der Waals surface area contributed by atoms with Gasteiger partial charge < -0.3 is 0 Å². The van der Waals surface area contributed by atoms with Crippen LogP contribution in [0.25, 0.3) is 100 Å². The predicted octanol–water partition coefficient (Wildman–Crippen LogP) is 17.2. The molecule has 0 aliphatic heterocycles. The zero-order valence-electron chi connectivity index (χ0n) is 31.9. The van der Waals surface area contributed by atoms with Crippen molar-refractivity contribution in [3.63, 3.8) is 0 Å². The van der Waals surface area contributed by atoms with Gasteiger partial charge in [-0.05, 0) is 115 Å². The van der Waals surface area contributed by atoms with Crippen LogP contribution in [-0.4, -0.2) is 0 Å². The van der Waals surface area contributed by atoms with Crippen molar-refractivity contribution in [2.24, 2.45) is 0 Å². The van der Waals surface area contributed by atoms with Crippen molar-refractivity contribution in [3.05, 3.63) is 212 Å². The zero-order chi connectivity index (χ0) is 38.4. The van der Waals surface area contributed by atoms with Crippen LogP contribution in [-0.2, 0) is 0 Å². The molecule has 58 heavy (non-hydrogen) atoms. The molecule has 1 aliphatic carbocycles. The maximum absolute atomic E-state index is 2.46. The standard InChI is InChI=1S/C56H38S2/c1-2-4-9-19-38(20-10-5-3-1)54-42-22-12-14-24-44(42)55(45-25-15-13-23-43(45)54)39-21-11-7-6-8-18-37(28-29-39)40-30-32-51-48(34-40)49-36-47-41(35-53(49)58-51)31-33-52-56(47)46-26-16-17-27-50(46)57-52/h1-2,4-18,20-36H,3,19H2/b2-1?,7-6?,8-6?,9-4?,10-5-,11-7?,18-8?,21-11?,29-28?,37-18?,37-28?,38-20+,39-21?,39-29?.